The van der Waals surface area contributed by atoms with Crippen LogP contribution in [-0.4, -0.2) is 42.8 Å². The van der Waals surface area contributed by atoms with Crippen molar-refractivity contribution in [2.45, 2.75) is 53.2 Å². The quantitative estimate of drug-likeness (QED) is 0.715. The molecule has 1 heterocycles. The molecule has 0 fully saturated rings. The highest BCUT2D eigenvalue weighted by atomic mass is 16.6. The van der Waals surface area contributed by atoms with E-state index in [1.54, 1.807) is 23.1 Å². The summed E-state index contributed by atoms with van der Waals surface area (Å²) in [7, 11) is 1.33. The van der Waals surface area contributed by atoms with Crippen LogP contribution in [0.15, 0.2) is 18.2 Å². The molecule has 0 atom stereocenters. The maximum absolute atomic E-state index is 12.2. The van der Waals surface area contributed by atoms with Crippen LogP contribution in [0.25, 0.3) is 0 Å². The summed E-state index contributed by atoms with van der Waals surface area (Å²) in [6, 6.07) is 5.07. The molecular weight excluding hydrogens is 322 g/mol. The lowest BCUT2D eigenvalue weighted by atomic mass is 10.1. The molecular formula is C19H29NO5. The van der Waals surface area contributed by atoms with Crippen molar-refractivity contribution in [3.05, 3.63) is 29.3 Å². The molecule has 0 aliphatic carbocycles. The minimum Gasteiger partial charge on any atom is -0.491 e. The Hall–Kier alpha value is -2.24. The van der Waals surface area contributed by atoms with Crippen LogP contribution >= 0.6 is 0 Å². The predicted octanol–water partition coefficient (Wildman–Crippen LogP) is 4.02. The van der Waals surface area contributed by atoms with Gasteiger partial charge >= 0.3 is 12.1 Å². The summed E-state index contributed by atoms with van der Waals surface area (Å²) >= 11 is 0. The highest BCUT2D eigenvalue weighted by Crippen LogP contribution is 2.25. The Morgan fingerprint density at radius 1 is 1.24 bits per heavy atom. The van der Waals surface area contributed by atoms with Gasteiger partial charge in [0.1, 0.15) is 18.0 Å². The molecule has 1 aliphatic rings. The largest absolute Gasteiger partial charge is 0.491 e. The van der Waals surface area contributed by atoms with Gasteiger partial charge in [-0.1, -0.05) is 26.3 Å². The van der Waals surface area contributed by atoms with E-state index in [1.165, 1.54) is 13.5 Å². The van der Waals surface area contributed by atoms with E-state index in [0.29, 0.717) is 31.0 Å². The molecule has 2 rings (SSSR count). The second-order valence-corrected chi connectivity index (χ2v) is 6.77. The summed E-state index contributed by atoms with van der Waals surface area (Å²) in [5.74, 6) is 0.175. The first-order valence-corrected chi connectivity index (χ1v) is 8.53. The average molecular weight is 351 g/mol. The third-order valence-electron chi connectivity index (χ3n) is 3.12. The van der Waals surface area contributed by atoms with Crippen LogP contribution in [-0.2, 0) is 16.0 Å². The average Bonchev–Trinajstić information content (AvgIpc) is 2.75. The van der Waals surface area contributed by atoms with Crippen LogP contribution in [0.1, 0.15) is 57.0 Å². The highest BCUT2D eigenvalue weighted by molar-refractivity contribution is 5.90. The SMILES string of the molecule is CCC.COC(=O)c1ccc2c(c1)OCCN(C(=O)OC(C)(C)C)C2. The number of esters is 1. The first kappa shape index (κ1) is 20.8. The van der Waals surface area contributed by atoms with E-state index in [9.17, 15) is 9.59 Å². The number of benzene rings is 1. The molecule has 140 valence electrons. The Bertz CT molecular complexity index is 592. The molecule has 0 radical (unpaired) electrons. The number of methoxy groups -OCH3 is 1. The van der Waals surface area contributed by atoms with E-state index in [0.717, 1.165) is 5.56 Å². The molecule has 1 aromatic carbocycles. The molecule has 1 aliphatic heterocycles. The van der Waals surface area contributed by atoms with Crippen molar-refractivity contribution in [1.29, 1.82) is 0 Å². The maximum Gasteiger partial charge on any atom is 0.410 e. The summed E-state index contributed by atoms with van der Waals surface area (Å²) in [4.78, 5) is 25.3. The second-order valence-electron chi connectivity index (χ2n) is 6.77. The Kier molecular flexibility index (Phi) is 7.74. The van der Waals surface area contributed by atoms with E-state index in [2.05, 4.69) is 13.8 Å². The van der Waals surface area contributed by atoms with Crippen LogP contribution in [0.3, 0.4) is 0 Å². The third kappa shape index (κ3) is 6.64. The predicted molar refractivity (Wildman–Crippen MR) is 95.9 cm³/mol. The minimum atomic E-state index is -0.540. The zero-order valence-corrected chi connectivity index (χ0v) is 16.0. The Labute approximate surface area is 150 Å². The minimum absolute atomic E-state index is 0.344. The fourth-order valence-corrected chi connectivity index (χ4v) is 2.10. The fraction of sp³-hybridized carbons (Fsp3) is 0.579. The van der Waals surface area contributed by atoms with Crippen LogP contribution < -0.4 is 4.74 Å². The number of hydrogen-bond donors (Lipinski definition) is 0. The third-order valence-corrected chi connectivity index (χ3v) is 3.12. The summed E-state index contributed by atoms with van der Waals surface area (Å²) in [6.45, 7) is 10.9. The Morgan fingerprint density at radius 2 is 1.88 bits per heavy atom. The topological polar surface area (TPSA) is 65.1 Å². The van der Waals surface area contributed by atoms with Gasteiger partial charge in [0.15, 0.2) is 0 Å². The van der Waals surface area contributed by atoms with E-state index in [-0.39, 0.29) is 6.09 Å². The van der Waals surface area contributed by atoms with Gasteiger partial charge in [0.2, 0.25) is 0 Å². The van der Waals surface area contributed by atoms with Crippen molar-refractivity contribution in [2.24, 2.45) is 0 Å². The molecule has 6 heteroatoms. The lowest BCUT2D eigenvalue weighted by Crippen LogP contribution is -2.37. The molecule has 0 aromatic heterocycles. The zero-order chi connectivity index (χ0) is 19.0. The van der Waals surface area contributed by atoms with Crippen LogP contribution in [0.4, 0.5) is 4.79 Å². The monoisotopic (exact) mass is 351 g/mol. The first-order valence-electron chi connectivity index (χ1n) is 8.53. The summed E-state index contributed by atoms with van der Waals surface area (Å²) in [5, 5.41) is 0. The molecule has 0 saturated carbocycles. The first-order chi connectivity index (χ1) is 11.7. The van der Waals surface area contributed by atoms with Crippen molar-refractivity contribution in [3.8, 4) is 5.75 Å². The lowest BCUT2D eigenvalue weighted by molar-refractivity contribution is 0.0225. The van der Waals surface area contributed by atoms with Crippen molar-refractivity contribution in [2.75, 3.05) is 20.3 Å². The highest BCUT2D eigenvalue weighted by Gasteiger charge is 2.25. The van der Waals surface area contributed by atoms with Gasteiger partial charge in [-0.25, -0.2) is 9.59 Å². The van der Waals surface area contributed by atoms with E-state index in [1.807, 2.05) is 20.8 Å². The Morgan fingerprint density at radius 3 is 2.44 bits per heavy atom. The van der Waals surface area contributed by atoms with Gasteiger partial charge in [0.05, 0.1) is 25.8 Å². The van der Waals surface area contributed by atoms with Gasteiger partial charge in [-0.15, -0.1) is 0 Å². The smallest absolute Gasteiger partial charge is 0.410 e. The number of hydrogen-bond acceptors (Lipinski definition) is 5. The van der Waals surface area contributed by atoms with Crippen molar-refractivity contribution < 1.29 is 23.8 Å². The number of amides is 1. The summed E-state index contributed by atoms with van der Waals surface area (Å²) in [5.41, 5.74) is 0.713. The van der Waals surface area contributed by atoms with Gasteiger partial charge < -0.3 is 19.1 Å². The van der Waals surface area contributed by atoms with Gasteiger partial charge in [-0.05, 0) is 32.9 Å². The molecule has 0 N–H and O–H groups in total. The molecule has 0 bridgehead atoms. The van der Waals surface area contributed by atoms with Crippen LogP contribution in [0.5, 0.6) is 5.75 Å². The van der Waals surface area contributed by atoms with Crippen molar-refractivity contribution in [3.63, 3.8) is 0 Å². The number of ether oxygens (including phenoxy) is 3. The van der Waals surface area contributed by atoms with E-state index < -0.39 is 11.6 Å². The number of nitrogens with zero attached hydrogens (tertiary/aromatic N) is 1. The Balaban J connectivity index is 0.000000970. The normalized spacial score (nSPS) is 13.4. The molecule has 6 nitrogen and oxygen atoms in total. The number of fused-ring (bicyclic) bond motifs is 1. The fourth-order valence-electron chi connectivity index (χ4n) is 2.10. The second kappa shape index (κ2) is 9.30. The number of carbonyl (C=O) groups is 2. The molecule has 0 spiro atoms. The summed E-state index contributed by atoms with van der Waals surface area (Å²) in [6.07, 6.45) is 0.876. The van der Waals surface area contributed by atoms with Crippen LogP contribution in [0, 0.1) is 0 Å². The van der Waals surface area contributed by atoms with Crippen molar-refractivity contribution >= 4 is 12.1 Å². The number of carbonyl (C=O) groups excluding carboxylic acids is 2. The standard InChI is InChI=1S/C16H21NO5.C3H8/c1-16(2,3)22-15(19)17-7-8-21-13-9-11(14(18)20-4)5-6-12(13)10-17;1-3-2/h5-6,9H,7-8,10H2,1-4H3;3H2,1-2H3. The zero-order valence-electron chi connectivity index (χ0n) is 16.0. The molecule has 1 amide bonds. The van der Waals surface area contributed by atoms with Gasteiger partial charge in [-0.3, -0.25) is 0 Å². The van der Waals surface area contributed by atoms with Gasteiger partial charge in [0, 0.05) is 5.56 Å². The molecule has 1 aromatic rings. The van der Waals surface area contributed by atoms with E-state index >= 15 is 0 Å². The van der Waals surface area contributed by atoms with Gasteiger partial charge in [0.25, 0.3) is 0 Å². The van der Waals surface area contributed by atoms with E-state index in [4.69, 9.17) is 14.2 Å². The molecule has 0 saturated heterocycles. The number of rotatable bonds is 1. The molecule has 25 heavy (non-hydrogen) atoms. The maximum atomic E-state index is 12.2. The lowest BCUT2D eigenvalue weighted by Gasteiger charge is -2.26. The molecule has 0 unspecified atom stereocenters. The van der Waals surface area contributed by atoms with Gasteiger partial charge in [-0.2, -0.15) is 0 Å². The van der Waals surface area contributed by atoms with Crippen molar-refractivity contribution in [1.82, 2.24) is 4.90 Å². The van der Waals surface area contributed by atoms with Crippen LogP contribution in [0.2, 0.25) is 0 Å². The summed E-state index contributed by atoms with van der Waals surface area (Å²) < 4.78 is 15.7.